The fourth-order valence-electron chi connectivity index (χ4n) is 1.68. The lowest BCUT2D eigenvalue weighted by Crippen LogP contribution is -2.05. The van der Waals surface area contributed by atoms with Crippen molar-refractivity contribution in [2.45, 2.75) is 6.18 Å². The SMILES string of the molecule is O=C(O)c1ccc(C=NNc2cc(C(F)(F)F)ccc2Cl)cc1. The Morgan fingerprint density at radius 3 is 2.39 bits per heavy atom. The minimum Gasteiger partial charge on any atom is -0.478 e. The van der Waals surface area contributed by atoms with Crippen LogP contribution < -0.4 is 5.43 Å². The normalized spacial score (nSPS) is 11.7. The van der Waals surface area contributed by atoms with Gasteiger partial charge in [0.25, 0.3) is 0 Å². The van der Waals surface area contributed by atoms with Crippen molar-refractivity contribution in [1.82, 2.24) is 0 Å². The summed E-state index contributed by atoms with van der Waals surface area (Å²) in [6.45, 7) is 0. The van der Waals surface area contributed by atoms with Crippen molar-refractivity contribution < 1.29 is 23.1 Å². The molecular weight excluding hydrogens is 333 g/mol. The predicted octanol–water partition coefficient (Wildman–Crippen LogP) is 4.50. The third kappa shape index (κ3) is 4.46. The second-order valence-corrected chi connectivity index (χ2v) is 4.90. The zero-order chi connectivity index (χ0) is 17.0. The van der Waals surface area contributed by atoms with Crippen LogP contribution in [0, 0.1) is 0 Å². The van der Waals surface area contributed by atoms with Crippen LogP contribution in [0.15, 0.2) is 47.6 Å². The summed E-state index contributed by atoms with van der Waals surface area (Å²) in [5.41, 5.74) is 2.30. The Bertz CT molecular complexity index is 743. The number of halogens is 4. The smallest absolute Gasteiger partial charge is 0.416 e. The zero-order valence-electron chi connectivity index (χ0n) is 11.4. The van der Waals surface area contributed by atoms with Gasteiger partial charge in [0.05, 0.1) is 28.1 Å². The molecule has 0 saturated carbocycles. The highest BCUT2D eigenvalue weighted by atomic mass is 35.5. The molecular formula is C15H10ClF3N2O2. The first-order valence-corrected chi connectivity index (χ1v) is 6.64. The summed E-state index contributed by atoms with van der Waals surface area (Å²) in [5, 5.41) is 12.7. The van der Waals surface area contributed by atoms with Crippen LogP contribution in [0.5, 0.6) is 0 Å². The highest BCUT2D eigenvalue weighted by Crippen LogP contribution is 2.33. The molecule has 0 unspecified atom stereocenters. The molecule has 2 aromatic rings. The summed E-state index contributed by atoms with van der Waals surface area (Å²) in [6.07, 6.45) is -3.14. The van der Waals surface area contributed by atoms with Gasteiger partial charge in [-0.15, -0.1) is 0 Å². The van der Waals surface area contributed by atoms with Gasteiger partial charge in [-0.05, 0) is 35.9 Å². The molecule has 0 fully saturated rings. The van der Waals surface area contributed by atoms with E-state index < -0.39 is 17.7 Å². The summed E-state index contributed by atoms with van der Waals surface area (Å²) < 4.78 is 37.9. The summed E-state index contributed by atoms with van der Waals surface area (Å²) in [7, 11) is 0. The van der Waals surface area contributed by atoms with E-state index in [1.54, 1.807) is 0 Å². The number of nitrogens with zero attached hydrogens (tertiary/aromatic N) is 1. The van der Waals surface area contributed by atoms with Gasteiger partial charge in [0.15, 0.2) is 0 Å². The van der Waals surface area contributed by atoms with Crippen LogP contribution in [0.25, 0.3) is 0 Å². The molecule has 0 bridgehead atoms. The standard InChI is InChI=1S/C15H10ClF3N2O2/c16-12-6-5-11(15(17,18)19)7-13(12)21-20-8-9-1-3-10(4-2-9)14(22)23/h1-8,21H,(H,22,23). The van der Waals surface area contributed by atoms with Crippen LogP contribution in [-0.2, 0) is 6.18 Å². The molecule has 0 aromatic heterocycles. The number of anilines is 1. The molecule has 0 saturated heterocycles. The first kappa shape index (κ1) is 16.8. The summed E-state index contributed by atoms with van der Waals surface area (Å²) in [4.78, 5) is 10.7. The number of rotatable bonds is 4. The molecule has 2 aromatic carbocycles. The van der Waals surface area contributed by atoms with Crippen molar-refractivity contribution in [3.05, 3.63) is 64.2 Å². The van der Waals surface area contributed by atoms with E-state index in [2.05, 4.69) is 10.5 Å². The van der Waals surface area contributed by atoms with Gasteiger partial charge in [0.1, 0.15) is 0 Å². The fraction of sp³-hybridized carbons (Fsp3) is 0.0667. The maximum absolute atomic E-state index is 12.6. The van der Waals surface area contributed by atoms with Crippen LogP contribution in [0.4, 0.5) is 18.9 Å². The second-order valence-electron chi connectivity index (χ2n) is 4.49. The zero-order valence-corrected chi connectivity index (χ0v) is 12.2. The Kier molecular flexibility index (Phi) is 4.90. The number of nitrogens with one attached hydrogen (secondary N) is 1. The molecule has 0 aliphatic heterocycles. The van der Waals surface area contributed by atoms with Gasteiger partial charge in [-0.1, -0.05) is 23.7 Å². The van der Waals surface area contributed by atoms with E-state index in [1.165, 1.54) is 30.5 Å². The molecule has 0 spiro atoms. The minimum atomic E-state index is -4.47. The first-order valence-electron chi connectivity index (χ1n) is 6.26. The molecule has 0 heterocycles. The van der Waals surface area contributed by atoms with E-state index >= 15 is 0 Å². The van der Waals surface area contributed by atoms with Crippen LogP contribution in [-0.4, -0.2) is 17.3 Å². The first-order chi connectivity index (χ1) is 10.8. The van der Waals surface area contributed by atoms with Crippen LogP contribution in [0.2, 0.25) is 5.02 Å². The monoisotopic (exact) mass is 342 g/mol. The van der Waals surface area contributed by atoms with Gasteiger partial charge in [0.2, 0.25) is 0 Å². The molecule has 0 amide bonds. The van der Waals surface area contributed by atoms with Crippen molar-refractivity contribution in [2.24, 2.45) is 5.10 Å². The number of aromatic carboxylic acids is 1. The Hall–Kier alpha value is -2.54. The molecule has 120 valence electrons. The van der Waals surface area contributed by atoms with E-state index in [-0.39, 0.29) is 16.3 Å². The number of hydrazone groups is 1. The maximum atomic E-state index is 12.6. The van der Waals surface area contributed by atoms with Gasteiger partial charge in [-0.25, -0.2) is 4.79 Å². The number of benzene rings is 2. The summed E-state index contributed by atoms with van der Waals surface area (Å²) >= 11 is 5.81. The molecule has 2 rings (SSSR count). The van der Waals surface area contributed by atoms with Gasteiger partial charge in [-0.3, -0.25) is 5.43 Å². The Balaban J connectivity index is 2.12. The van der Waals surface area contributed by atoms with Crippen LogP contribution >= 0.6 is 11.6 Å². The van der Waals surface area contributed by atoms with Gasteiger partial charge < -0.3 is 5.11 Å². The van der Waals surface area contributed by atoms with Crippen molar-refractivity contribution in [1.29, 1.82) is 0 Å². The quantitative estimate of drug-likeness (QED) is 0.635. The van der Waals surface area contributed by atoms with Gasteiger partial charge in [0, 0.05) is 0 Å². The number of hydrogen-bond donors (Lipinski definition) is 2. The van der Waals surface area contributed by atoms with Crippen molar-refractivity contribution in [2.75, 3.05) is 5.43 Å². The average molecular weight is 343 g/mol. The van der Waals surface area contributed by atoms with E-state index in [1.807, 2.05) is 0 Å². The lowest BCUT2D eigenvalue weighted by atomic mass is 10.1. The predicted molar refractivity (Wildman–Crippen MR) is 81.1 cm³/mol. The number of alkyl halides is 3. The Labute approximate surface area is 134 Å². The molecule has 8 heteroatoms. The molecule has 0 aliphatic carbocycles. The maximum Gasteiger partial charge on any atom is 0.416 e. The number of carbonyl (C=O) groups is 1. The lowest BCUT2D eigenvalue weighted by Gasteiger charge is -2.09. The van der Waals surface area contributed by atoms with Crippen LogP contribution in [0.1, 0.15) is 21.5 Å². The average Bonchev–Trinajstić information content (AvgIpc) is 2.48. The summed E-state index contributed by atoms with van der Waals surface area (Å²) in [5.74, 6) is -1.05. The molecule has 2 N–H and O–H groups in total. The molecule has 0 radical (unpaired) electrons. The molecule has 23 heavy (non-hydrogen) atoms. The minimum absolute atomic E-state index is 0.0138. The number of hydrogen-bond acceptors (Lipinski definition) is 3. The summed E-state index contributed by atoms with van der Waals surface area (Å²) in [6, 6.07) is 8.67. The third-order valence-electron chi connectivity index (χ3n) is 2.85. The molecule has 0 atom stereocenters. The Morgan fingerprint density at radius 1 is 1.17 bits per heavy atom. The van der Waals surface area contributed by atoms with Crippen molar-refractivity contribution in [3.63, 3.8) is 0 Å². The largest absolute Gasteiger partial charge is 0.478 e. The van der Waals surface area contributed by atoms with E-state index in [0.29, 0.717) is 5.56 Å². The van der Waals surface area contributed by atoms with E-state index in [9.17, 15) is 18.0 Å². The highest BCUT2D eigenvalue weighted by molar-refractivity contribution is 6.33. The van der Waals surface area contributed by atoms with Crippen molar-refractivity contribution in [3.8, 4) is 0 Å². The second kappa shape index (κ2) is 6.70. The van der Waals surface area contributed by atoms with Crippen LogP contribution in [0.3, 0.4) is 0 Å². The molecule has 4 nitrogen and oxygen atoms in total. The van der Waals surface area contributed by atoms with Gasteiger partial charge in [-0.2, -0.15) is 18.3 Å². The Morgan fingerprint density at radius 2 is 1.83 bits per heavy atom. The highest BCUT2D eigenvalue weighted by Gasteiger charge is 2.30. The van der Waals surface area contributed by atoms with Gasteiger partial charge >= 0.3 is 12.1 Å². The number of carboxylic acids is 1. The fourth-order valence-corrected chi connectivity index (χ4v) is 1.84. The number of carboxylic acid groups (broad SMARTS) is 1. The third-order valence-corrected chi connectivity index (χ3v) is 3.18. The molecule has 0 aliphatic rings. The van der Waals surface area contributed by atoms with E-state index in [4.69, 9.17) is 16.7 Å². The lowest BCUT2D eigenvalue weighted by molar-refractivity contribution is -0.137. The topological polar surface area (TPSA) is 61.7 Å². The van der Waals surface area contributed by atoms with E-state index in [0.717, 1.165) is 18.2 Å². The van der Waals surface area contributed by atoms with Crippen molar-refractivity contribution >= 4 is 29.5 Å².